The molecule has 16 heavy (non-hydrogen) atoms. The fraction of sp³-hybridized carbons (Fsp3) is 0.875. The molecule has 0 saturated carbocycles. The molecule has 96 valence electrons. The molecule has 0 bridgehead atoms. The van der Waals surface area contributed by atoms with Crippen LogP contribution in [0.4, 0.5) is 0 Å². The molecule has 0 aliphatic heterocycles. The van der Waals surface area contributed by atoms with E-state index in [1.165, 1.54) is 6.92 Å². The van der Waals surface area contributed by atoms with Crippen LogP contribution in [0, 0.1) is 0 Å². The van der Waals surface area contributed by atoms with Gasteiger partial charge in [-0.05, 0) is 0 Å². The Morgan fingerprint density at radius 1 is 1.19 bits per heavy atom. The van der Waals surface area contributed by atoms with Gasteiger partial charge in [0, 0.05) is 6.42 Å². The molecule has 5 N–H and O–H groups in total. The summed E-state index contributed by atoms with van der Waals surface area (Å²) < 4.78 is 0. The topological polar surface area (TPSA) is 137 Å². The summed E-state index contributed by atoms with van der Waals surface area (Å²) in [5, 5.41) is 44.3. The number of hydrogen-bond acceptors (Lipinski definition) is 8. The molecule has 0 aromatic heterocycles. The number of aliphatic hydroxyl groups is 3. The van der Waals surface area contributed by atoms with Crippen molar-refractivity contribution in [1.82, 2.24) is 0 Å². The molecule has 0 spiro atoms. The molecule has 0 saturated heterocycles. The zero-order valence-corrected chi connectivity index (χ0v) is 8.68. The Kier molecular flexibility index (Phi) is 7.34. The fourth-order valence-corrected chi connectivity index (χ4v) is 1.09. The van der Waals surface area contributed by atoms with E-state index in [9.17, 15) is 15.0 Å². The second-order valence-corrected chi connectivity index (χ2v) is 3.19. The summed E-state index contributed by atoms with van der Waals surface area (Å²) in [6, 6.07) is 0. The number of ketones is 1. The molecule has 0 rings (SSSR count). The largest absolute Gasteiger partial charge is 0.388 e. The van der Waals surface area contributed by atoms with Crippen LogP contribution in [0.2, 0.25) is 0 Å². The Bertz CT molecular complexity index is 208. The van der Waals surface area contributed by atoms with E-state index in [1.807, 2.05) is 0 Å². The third kappa shape index (κ3) is 4.10. The molecule has 8 nitrogen and oxygen atoms in total. The summed E-state index contributed by atoms with van der Waals surface area (Å²) in [5.41, 5.74) is 0. The smallest absolute Gasteiger partial charge is 0.179 e. The van der Waals surface area contributed by atoms with Crippen LogP contribution in [0.3, 0.4) is 0 Å². The first kappa shape index (κ1) is 15.4. The third-order valence-corrected chi connectivity index (χ3v) is 2.08. The Labute approximate surface area is 91.5 Å². The quantitative estimate of drug-likeness (QED) is 0.252. The first-order valence-electron chi connectivity index (χ1n) is 4.63. The highest BCUT2D eigenvalue weighted by Gasteiger charge is 2.36. The van der Waals surface area contributed by atoms with Crippen LogP contribution in [0.15, 0.2) is 0 Å². The summed E-state index contributed by atoms with van der Waals surface area (Å²) in [6.45, 7) is 0.817. The predicted octanol–water partition coefficient (Wildman–Crippen LogP) is -1.60. The maximum Gasteiger partial charge on any atom is 0.179 e. The molecule has 0 aliphatic rings. The summed E-state index contributed by atoms with van der Waals surface area (Å²) in [6.07, 6.45) is -6.94. The lowest BCUT2D eigenvalue weighted by Gasteiger charge is -2.25. The standard InChI is InChI=1S/C8H16O8/c1-2-4(9)8(16-14)7(12)6(11)5(10)3-15-13/h5-8,10-14H,2-3H2,1H3/t5-,6-,7+,8+/m1/s1. The van der Waals surface area contributed by atoms with Gasteiger partial charge in [-0.2, -0.15) is 0 Å². The Morgan fingerprint density at radius 2 is 1.75 bits per heavy atom. The molecule has 4 atom stereocenters. The first-order valence-corrected chi connectivity index (χ1v) is 4.63. The number of hydrogen-bond donors (Lipinski definition) is 5. The molecule has 0 heterocycles. The van der Waals surface area contributed by atoms with Crippen molar-refractivity contribution in [2.75, 3.05) is 6.61 Å². The van der Waals surface area contributed by atoms with Gasteiger partial charge in [-0.1, -0.05) is 6.92 Å². The minimum atomic E-state index is -1.83. The van der Waals surface area contributed by atoms with Gasteiger partial charge in [-0.3, -0.25) is 15.3 Å². The minimum Gasteiger partial charge on any atom is -0.388 e. The van der Waals surface area contributed by atoms with Gasteiger partial charge in [0.05, 0.1) is 0 Å². The van der Waals surface area contributed by atoms with Crippen LogP contribution in [0.25, 0.3) is 0 Å². The molecule has 0 radical (unpaired) electrons. The summed E-state index contributed by atoms with van der Waals surface area (Å²) >= 11 is 0. The van der Waals surface area contributed by atoms with Crippen LogP contribution in [-0.2, 0) is 14.6 Å². The summed E-state index contributed by atoms with van der Waals surface area (Å²) in [7, 11) is 0. The fourth-order valence-electron chi connectivity index (χ4n) is 1.09. The highest BCUT2D eigenvalue weighted by molar-refractivity contribution is 5.83. The molecule has 0 aliphatic carbocycles. The van der Waals surface area contributed by atoms with Crippen molar-refractivity contribution in [3.63, 3.8) is 0 Å². The van der Waals surface area contributed by atoms with E-state index in [0.29, 0.717) is 0 Å². The van der Waals surface area contributed by atoms with E-state index < -0.39 is 36.8 Å². The van der Waals surface area contributed by atoms with Crippen molar-refractivity contribution >= 4 is 5.78 Å². The molecular formula is C8H16O8. The summed E-state index contributed by atoms with van der Waals surface area (Å²) in [4.78, 5) is 18.5. The van der Waals surface area contributed by atoms with Gasteiger partial charge in [0.1, 0.15) is 24.9 Å². The average molecular weight is 240 g/mol. The highest BCUT2D eigenvalue weighted by Crippen LogP contribution is 2.10. The van der Waals surface area contributed by atoms with E-state index in [4.69, 9.17) is 15.6 Å². The van der Waals surface area contributed by atoms with Crippen LogP contribution in [0.1, 0.15) is 13.3 Å². The van der Waals surface area contributed by atoms with E-state index in [1.54, 1.807) is 0 Å². The van der Waals surface area contributed by atoms with Crippen molar-refractivity contribution in [2.24, 2.45) is 0 Å². The van der Waals surface area contributed by atoms with E-state index >= 15 is 0 Å². The number of Topliss-reactive ketones (excluding diaryl/α,β-unsaturated/α-hetero) is 1. The predicted molar refractivity (Wildman–Crippen MR) is 49.4 cm³/mol. The van der Waals surface area contributed by atoms with Gasteiger partial charge in [0.25, 0.3) is 0 Å². The summed E-state index contributed by atoms with van der Waals surface area (Å²) in [5.74, 6) is -0.647. The molecule has 8 heteroatoms. The normalized spacial score (nSPS) is 18.9. The van der Waals surface area contributed by atoms with Gasteiger partial charge in [0.15, 0.2) is 11.9 Å². The lowest BCUT2D eigenvalue weighted by atomic mass is 9.99. The lowest BCUT2D eigenvalue weighted by molar-refractivity contribution is -0.302. The number of carbonyl (C=O) groups excluding carboxylic acids is 1. The maximum atomic E-state index is 11.2. The zero-order valence-electron chi connectivity index (χ0n) is 8.68. The first-order chi connectivity index (χ1) is 7.49. The number of carbonyl (C=O) groups is 1. The number of aliphatic hydroxyl groups excluding tert-OH is 3. The van der Waals surface area contributed by atoms with Crippen molar-refractivity contribution in [2.45, 2.75) is 37.8 Å². The maximum absolute atomic E-state index is 11.2. The highest BCUT2D eigenvalue weighted by atomic mass is 17.1. The van der Waals surface area contributed by atoms with Crippen molar-refractivity contribution < 1.29 is 40.4 Å². The molecular weight excluding hydrogens is 224 g/mol. The Morgan fingerprint density at radius 3 is 2.12 bits per heavy atom. The Balaban J connectivity index is 4.48. The monoisotopic (exact) mass is 240 g/mol. The van der Waals surface area contributed by atoms with Crippen molar-refractivity contribution in [1.29, 1.82) is 0 Å². The molecule has 0 unspecified atom stereocenters. The Hall–Kier alpha value is -0.610. The van der Waals surface area contributed by atoms with Crippen LogP contribution in [0.5, 0.6) is 0 Å². The molecule has 0 aromatic rings. The van der Waals surface area contributed by atoms with Crippen molar-refractivity contribution in [3.8, 4) is 0 Å². The van der Waals surface area contributed by atoms with Crippen LogP contribution >= 0.6 is 0 Å². The molecule has 0 aromatic carbocycles. The molecule has 0 fully saturated rings. The number of rotatable bonds is 8. The second kappa shape index (κ2) is 7.63. The second-order valence-electron chi connectivity index (χ2n) is 3.19. The lowest BCUT2D eigenvalue weighted by Crippen LogP contribution is -2.49. The van der Waals surface area contributed by atoms with Crippen LogP contribution in [-0.4, -0.2) is 62.6 Å². The van der Waals surface area contributed by atoms with Gasteiger partial charge in [0.2, 0.25) is 0 Å². The van der Waals surface area contributed by atoms with E-state index in [0.717, 1.165) is 0 Å². The van der Waals surface area contributed by atoms with E-state index in [-0.39, 0.29) is 6.42 Å². The third-order valence-electron chi connectivity index (χ3n) is 2.08. The van der Waals surface area contributed by atoms with Gasteiger partial charge in [-0.15, -0.1) is 0 Å². The molecule has 0 amide bonds. The van der Waals surface area contributed by atoms with E-state index in [2.05, 4.69) is 9.78 Å². The van der Waals surface area contributed by atoms with Gasteiger partial charge < -0.3 is 15.3 Å². The van der Waals surface area contributed by atoms with Gasteiger partial charge in [-0.25, -0.2) is 9.78 Å². The minimum absolute atomic E-state index is 0.0262. The van der Waals surface area contributed by atoms with Gasteiger partial charge >= 0.3 is 0 Å². The SMILES string of the molecule is CCC(=O)[C@H](OO)[C@@H](O)[C@H](O)[C@H](O)COO. The van der Waals surface area contributed by atoms with Crippen molar-refractivity contribution in [3.05, 3.63) is 0 Å². The van der Waals surface area contributed by atoms with Crippen LogP contribution < -0.4 is 0 Å². The zero-order chi connectivity index (χ0) is 12.7. The average Bonchev–Trinajstić information content (AvgIpc) is 2.28.